The van der Waals surface area contributed by atoms with Crippen molar-refractivity contribution in [1.82, 2.24) is 19.7 Å². The molecule has 7 heteroatoms. The summed E-state index contributed by atoms with van der Waals surface area (Å²) in [6, 6.07) is 21.0. The summed E-state index contributed by atoms with van der Waals surface area (Å²) in [6.45, 7) is 9.64. The summed E-state index contributed by atoms with van der Waals surface area (Å²) in [7, 11) is 0. The highest BCUT2D eigenvalue weighted by Gasteiger charge is 2.24. The minimum Gasteiger partial charge on any atom is -0.465 e. The van der Waals surface area contributed by atoms with E-state index < -0.39 is 6.09 Å². The van der Waals surface area contributed by atoms with E-state index in [0.717, 1.165) is 52.2 Å². The number of likely N-dealkylation sites (tertiary alicyclic amines) is 1. The maximum Gasteiger partial charge on any atom is 0.407 e. The molecule has 1 amide bonds. The lowest BCUT2D eigenvalue weighted by Gasteiger charge is -2.30. The molecule has 0 spiro atoms. The average Bonchev–Trinajstić information content (AvgIpc) is 3.24. The number of nitrogens with one attached hydrogen (secondary N) is 1. The van der Waals surface area contributed by atoms with Crippen LogP contribution < -0.4 is 5.32 Å². The molecule has 36 heavy (non-hydrogen) atoms. The van der Waals surface area contributed by atoms with Crippen molar-refractivity contribution in [3.05, 3.63) is 71.9 Å². The number of nitrogens with zero attached hydrogens (tertiary/aromatic N) is 4. The summed E-state index contributed by atoms with van der Waals surface area (Å²) in [5, 5.41) is 19.7. The molecule has 0 unspecified atom stereocenters. The summed E-state index contributed by atoms with van der Waals surface area (Å²) in [5.74, 6) is 1.87. The maximum absolute atomic E-state index is 11.3. The first-order chi connectivity index (χ1) is 17.2. The van der Waals surface area contributed by atoms with Crippen LogP contribution >= 0.6 is 0 Å². The lowest BCUT2D eigenvalue weighted by molar-refractivity contribution is 0.132. The molecule has 1 saturated heterocycles. The first kappa shape index (κ1) is 23.9. The molecule has 4 aromatic rings. The summed E-state index contributed by atoms with van der Waals surface area (Å²) in [6.07, 6.45) is 0.840. The lowest BCUT2D eigenvalue weighted by atomic mass is 9.88. The van der Waals surface area contributed by atoms with Crippen LogP contribution in [0.25, 0.3) is 22.0 Å². The highest BCUT2D eigenvalue weighted by molar-refractivity contribution is 5.96. The number of fused-ring (bicyclic) bond motifs is 1. The van der Waals surface area contributed by atoms with Gasteiger partial charge >= 0.3 is 6.09 Å². The van der Waals surface area contributed by atoms with Gasteiger partial charge in [-0.25, -0.2) is 9.78 Å². The van der Waals surface area contributed by atoms with E-state index in [9.17, 15) is 9.90 Å². The predicted molar refractivity (Wildman–Crippen MR) is 144 cm³/mol. The molecule has 1 aliphatic heterocycles. The van der Waals surface area contributed by atoms with E-state index >= 15 is 0 Å². The Morgan fingerprint density at radius 3 is 2.44 bits per heavy atom. The van der Waals surface area contributed by atoms with Gasteiger partial charge in [-0.15, -0.1) is 0 Å². The first-order valence-corrected chi connectivity index (χ1v) is 12.5. The Morgan fingerprint density at radius 1 is 1.00 bits per heavy atom. The molecule has 0 aliphatic carbocycles. The Balaban J connectivity index is 1.49. The van der Waals surface area contributed by atoms with Gasteiger partial charge in [-0.2, -0.15) is 5.10 Å². The number of carbonyl (C=O) groups is 1. The molecular formula is C29H33N5O2. The number of amides is 1. The molecule has 7 nitrogen and oxygen atoms in total. The molecule has 0 bridgehead atoms. The molecule has 0 saturated carbocycles. The zero-order valence-electron chi connectivity index (χ0n) is 21.3. The Hall–Kier alpha value is -3.87. The van der Waals surface area contributed by atoms with Gasteiger partial charge in [0.1, 0.15) is 5.82 Å². The van der Waals surface area contributed by atoms with Crippen molar-refractivity contribution < 1.29 is 9.90 Å². The number of pyridine rings is 1. The zero-order chi connectivity index (χ0) is 25.4. The van der Waals surface area contributed by atoms with Crippen molar-refractivity contribution in [3.63, 3.8) is 0 Å². The van der Waals surface area contributed by atoms with Gasteiger partial charge in [-0.1, -0.05) is 42.5 Å². The van der Waals surface area contributed by atoms with Crippen molar-refractivity contribution >= 4 is 28.5 Å². The zero-order valence-corrected chi connectivity index (χ0v) is 21.3. The van der Waals surface area contributed by atoms with Crippen LogP contribution in [-0.4, -0.2) is 44.0 Å². The number of aryl methyl sites for hydroxylation is 1. The average molecular weight is 484 g/mol. The normalized spacial score (nSPS) is 14.8. The number of aromatic nitrogens is 3. The Kier molecular flexibility index (Phi) is 6.16. The topological polar surface area (TPSA) is 83.3 Å². The molecule has 2 aromatic heterocycles. The van der Waals surface area contributed by atoms with E-state index in [0.29, 0.717) is 19.0 Å². The SMILES string of the molecule is Cc1cc(Nc2cc3ccccc3c(-c3cccc(C4CCN(C(=O)O)CC4)c3)n2)nn1C(C)(C)C. The van der Waals surface area contributed by atoms with Gasteiger partial charge in [-0.3, -0.25) is 4.68 Å². The highest BCUT2D eigenvalue weighted by atomic mass is 16.4. The minimum absolute atomic E-state index is 0.104. The molecule has 3 heterocycles. The third-order valence-corrected chi connectivity index (χ3v) is 6.92. The Morgan fingerprint density at radius 2 is 1.75 bits per heavy atom. The standard InChI is InChI=1S/C29H33N5O2/c1-19-16-26(32-34(19)29(2,3)4)30-25-18-22-8-5-6-11-24(22)27(31-25)23-10-7-9-21(17-23)20-12-14-33(15-13-20)28(35)36/h5-11,16-18,20H,12-15H2,1-4H3,(H,35,36)(H,30,31,32). The molecule has 0 radical (unpaired) electrons. The number of anilines is 2. The number of hydrogen-bond donors (Lipinski definition) is 2. The lowest BCUT2D eigenvalue weighted by Crippen LogP contribution is -2.36. The maximum atomic E-state index is 11.3. The molecular weight excluding hydrogens is 450 g/mol. The van der Waals surface area contributed by atoms with E-state index in [-0.39, 0.29) is 5.54 Å². The molecule has 2 aromatic carbocycles. The van der Waals surface area contributed by atoms with Crippen molar-refractivity contribution in [3.8, 4) is 11.3 Å². The third-order valence-electron chi connectivity index (χ3n) is 6.92. The second kappa shape index (κ2) is 9.30. The highest BCUT2D eigenvalue weighted by Crippen LogP contribution is 2.34. The molecule has 186 valence electrons. The van der Waals surface area contributed by atoms with Gasteiger partial charge in [0.2, 0.25) is 0 Å². The monoisotopic (exact) mass is 483 g/mol. The summed E-state index contributed by atoms with van der Waals surface area (Å²) < 4.78 is 2.02. The van der Waals surface area contributed by atoms with Crippen LogP contribution in [0.2, 0.25) is 0 Å². The summed E-state index contributed by atoms with van der Waals surface area (Å²) >= 11 is 0. The number of carboxylic acid groups (broad SMARTS) is 1. The fourth-order valence-corrected chi connectivity index (χ4v) is 5.17. The van der Waals surface area contributed by atoms with Gasteiger partial charge < -0.3 is 15.3 Å². The van der Waals surface area contributed by atoms with E-state index in [1.807, 2.05) is 22.9 Å². The fraction of sp³-hybridized carbons (Fsp3) is 0.345. The second-order valence-electron chi connectivity index (χ2n) is 10.6. The van der Waals surface area contributed by atoms with E-state index in [2.05, 4.69) is 75.5 Å². The molecule has 2 N–H and O–H groups in total. The van der Waals surface area contributed by atoms with Crippen molar-refractivity contribution in [2.75, 3.05) is 18.4 Å². The Bertz CT molecular complexity index is 1410. The summed E-state index contributed by atoms with van der Waals surface area (Å²) in [5.41, 5.74) is 4.21. The number of piperidine rings is 1. The predicted octanol–water partition coefficient (Wildman–Crippen LogP) is 6.76. The van der Waals surface area contributed by atoms with E-state index in [1.54, 1.807) is 0 Å². The quantitative estimate of drug-likeness (QED) is 0.335. The van der Waals surface area contributed by atoms with Gasteiger partial charge in [0.05, 0.1) is 11.2 Å². The molecule has 1 fully saturated rings. The van der Waals surface area contributed by atoms with Crippen molar-refractivity contribution in [1.29, 1.82) is 0 Å². The van der Waals surface area contributed by atoms with Crippen molar-refractivity contribution in [2.24, 2.45) is 0 Å². The van der Waals surface area contributed by atoms with Crippen molar-refractivity contribution in [2.45, 2.75) is 52.0 Å². The van der Waals surface area contributed by atoms with Crippen LogP contribution in [0.3, 0.4) is 0 Å². The summed E-state index contributed by atoms with van der Waals surface area (Å²) in [4.78, 5) is 17.8. The largest absolute Gasteiger partial charge is 0.465 e. The molecule has 0 atom stereocenters. The van der Waals surface area contributed by atoms with E-state index in [4.69, 9.17) is 10.1 Å². The van der Waals surface area contributed by atoms with E-state index in [1.165, 1.54) is 10.5 Å². The van der Waals surface area contributed by atoms with Crippen LogP contribution in [0.1, 0.15) is 50.8 Å². The van der Waals surface area contributed by atoms with Crippen LogP contribution in [-0.2, 0) is 5.54 Å². The van der Waals surface area contributed by atoms with Crippen LogP contribution in [0.4, 0.5) is 16.4 Å². The Labute approximate surface area is 211 Å². The minimum atomic E-state index is -0.829. The van der Waals surface area contributed by atoms with Crippen LogP contribution in [0.5, 0.6) is 0 Å². The van der Waals surface area contributed by atoms with Crippen LogP contribution in [0.15, 0.2) is 60.7 Å². The molecule has 5 rings (SSSR count). The second-order valence-corrected chi connectivity index (χ2v) is 10.6. The fourth-order valence-electron chi connectivity index (χ4n) is 5.17. The first-order valence-electron chi connectivity index (χ1n) is 12.5. The number of benzene rings is 2. The molecule has 1 aliphatic rings. The van der Waals surface area contributed by atoms with Crippen LogP contribution in [0, 0.1) is 6.92 Å². The smallest absolute Gasteiger partial charge is 0.407 e. The number of hydrogen-bond acceptors (Lipinski definition) is 4. The van der Waals surface area contributed by atoms with Gasteiger partial charge in [-0.05, 0) is 69.5 Å². The third kappa shape index (κ3) is 4.78. The van der Waals surface area contributed by atoms with Gasteiger partial charge in [0.15, 0.2) is 5.82 Å². The van der Waals surface area contributed by atoms with Gasteiger partial charge in [0, 0.05) is 35.8 Å². The van der Waals surface area contributed by atoms with Gasteiger partial charge in [0.25, 0.3) is 0 Å². The number of rotatable bonds is 4.